The van der Waals surface area contributed by atoms with Gasteiger partial charge in [-0.15, -0.1) is 0 Å². The van der Waals surface area contributed by atoms with Crippen molar-refractivity contribution in [2.75, 3.05) is 0 Å². The summed E-state index contributed by atoms with van der Waals surface area (Å²) in [7, 11) is -4.61. The summed E-state index contributed by atoms with van der Waals surface area (Å²) in [6, 6.07) is 0. The van der Waals surface area contributed by atoms with Crippen molar-refractivity contribution in [2.45, 2.75) is 0 Å². The van der Waals surface area contributed by atoms with Gasteiger partial charge in [0.25, 0.3) is 0 Å². The van der Waals surface area contributed by atoms with E-state index in [9.17, 15) is 0 Å². The summed E-state index contributed by atoms with van der Waals surface area (Å²) in [6.07, 6.45) is 0. The molecule has 0 aromatic carbocycles. The Morgan fingerprint density at radius 3 is 0.900 bits per heavy atom. The van der Waals surface area contributed by atoms with Gasteiger partial charge in [-0.3, -0.25) is 0 Å². The molecular weight excluding hydrogens is 191 g/mol. The van der Waals surface area contributed by atoms with Crippen LogP contribution in [0.3, 0.4) is 0 Å². The minimum atomic E-state index is -4.61. The van der Waals surface area contributed by atoms with Crippen LogP contribution in [0.15, 0.2) is 0 Å². The van der Waals surface area contributed by atoms with Crippen molar-refractivity contribution in [1.82, 2.24) is 0 Å². The SMILES string of the molecule is O.O[Si](O)(O)O.[AlH3].[BeH2].[CaH2].[LiH]. The van der Waals surface area contributed by atoms with E-state index in [-0.39, 0.29) is 89.6 Å². The molecule has 0 atom stereocenters. The van der Waals surface area contributed by atoms with Crippen LogP contribution in [0, 0.1) is 0 Å². The quantitative estimate of drug-likeness (QED) is 0.294. The molecule has 0 aromatic heterocycles. The van der Waals surface area contributed by atoms with Crippen LogP contribution in [0.1, 0.15) is 0 Å². The third-order valence-corrected chi connectivity index (χ3v) is 0. The maximum absolute atomic E-state index is 7.33. The summed E-state index contributed by atoms with van der Waals surface area (Å²) in [5, 5.41) is 0. The van der Waals surface area contributed by atoms with Gasteiger partial charge in [0.05, 0.1) is 0 Å². The number of rotatable bonds is 0. The molecule has 0 aliphatic carbocycles. The van der Waals surface area contributed by atoms with E-state index in [1.807, 2.05) is 0 Å². The molecule has 0 saturated heterocycles. The molecule has 0 amide bonds. The first-order chi connectivity index (χ1) is 2.00. The number of hydrogen-bond donors (Lipinski definition) is 4. The average Bonchev–Trinajstić information content (AvgIpc) is 0.722. The molecule has 0 unspecified atom stereocenters. The third-order valence-electron chi connectivity index (χ3n) is 0. The van der Waals surface area contributed by atoms with Crippen LogP contribution in [0.4, 0.5) is 0 Å². The predicted molar refractivity (Wildman–Crippen MR) is 52.4 cm³/mol. The van der Waals surface area contributed by atoms with E-state index < -0.39 is 9.05 Å². The van der Waals surface area contributed by atoms with Crippen LogP contribution in [-0.4, -0.2) is 118 Å². The zero-order chi connectivity index (χ0) is 4.50. The van der Waals surface area contributed by atoms with Crippen molar-refractivity contribution in [3.05, 3.63) is 0 Å². The Balaban J connectivity index is -0.00000000800. The van der Waals surface area contributed by atoms with Crippen LogP contribution in [0.2, 0.25) is 0 Å². The molecule has 6 N–H and O–H groups in total. The van der Waals surface area contributed by atoms with Crippen LogP contribution in [0.5, 0.6) is 0 Å². The first kappa shape index (κ1) is 39.0. The molecule has 0 radical (unpaired) electrons. The van der Waals surface area contributed by atoms with E-state index >= 15 is 0 Å². The zero-order valence-corrected chi connectivity index (χ0v) is 3.79. The van der Waals surface area contributed by atoms with Crippen LogP contribution < -0.4 is 0 Å². The maximum atomic E-state index is 7.33. The average molecular weight is 205 g/mol. The predicted octanol–water partition coefficient (Wildman–Crippen LogP) is -7.10. The molecular formula is H14AlBeCaLiO5Si. The molecule has 0 aromatic rings. The molecule has 0 aliphatic heterocycles. The molecule has 0 rings (SSSR count). The van der Waals surface area contributed by atoms with Gasteiger partial charge in [-0.05, 0) is 0 Å². The van der Waals surface area contributed by atoms with E-state index in [4.69, 9.17) is 19.2 Å². The Morgan fingerprint density at radius 2 is 0.900 bits per heavy atom. The molecule has 0 saturated carbocycles. The van der Waals surface area contributed by atoms with Gasteiger partial charge in [-0.1, -0.05) is 0 Å². The Bertz CT molecular complexity index is 37.1. The van der Waals surface area contributed by atoms with Crippen molar-refractivity contribution < 1.29 is 24.7 Å². The fourth-order valence-electron chi connectivity index (χ4n) is 0. The summed E-state index contributed by atoms with van der Waals surface area (Å²) in [6.45, 7) is 0. The third kappa shape index (κ3) is 146. The molecule has 0 spiro atoms. The summed E-state index contributed by atoms with van der Waals surface area (Å²) in [4.78, 5) is 29.3. The van der Waals surface area contributed by atoms with Crippen molar-refractivity contribution in [2.24, 2.45) is 0 Å². The fraction of sp³-hybridized carbons (Fsp3) is 0. The Kier molecular flexibility index (Phi) is 68.6. The van der Waals surface area contributed by atoms with Gasteiger partial charge < -0.3 is 24.7 Å². The van der Waals surface area contributed by atoms with Crippen LogP contribution in [-0.2, 0) is 0 Å². The van der Waals surface area contributed by atoms with E-state index in [0.29, 0.717) is 0 Å². The Morgan fingerprint density at radius 1 is 0.900 bits per heavy atom. The molecule has 0 heterocycles. The topological polar surface area (TPSA) is 112 Å². The summed E-state index contributed by atoms with van der Waals surface area (Å²) < 4.78 is 0. The van der Waals surface area contributed by atoms with Crippen molar-refractivity contribution in [3.8, 4) is 0 Å². The van der Waals surface area contributed by atoms with Crippen molar-refractivity contribution in [1.29, 1.82) is 0 Å². The first-order valence-corrected chi connectivity index (χ1v) is 2.68. The molecule has 5 nitrogen and oxygen atoms in total. The van der Waals surface area contributed by atoms with Gasteiger partial charge in [0, 0.05) is 0 Å². The van der Waals surface area contributed by atoms with E-state index in [2.05, 4.69) is 0 Å². The second kappa shape index (κ2) is 17.6. The van der Waals surface area contributed by atoms with Gasteiger partial charge in [0.2, 0.25) is 0 Å². The van der Waals surface area contributed by atoms with E-state index in [1.54, 1.807) is 0 Å². The van der Waals surface area contributed by atoms with Crippen molar-refractivity contribution in [3.63, 3.8) is 0 Å². The molecule has 0 fully saturated rings. The van der Waals surface area contributed by atoms with Gasteiger partial charge in [0.15, 0.2) is 17.4 Å². The summed E-state index contributed by atoms with van der Waals surface area (Å²) in [5.74, 6) is 0. The molecule has 0 aliphatic rings. The second-order valence-electron chi connectivity index (χ2n) is 0.600. The number of hydrogen-bond acceptors (Lipinski definition) is 4. The van der Waals surface area contributed by atoms with Gasteiger partial charge in [0.1, 0.15) is 0 Å². The van der Waals surface area contributed by atoms with Crippen LogP contribution >= 0.6 is 0 Å². The van der Waals surface area contributed by atoms with Crippen molar-refractivity contribution >= 4 is 93.1 Å². The standard InChI is InChI=1S/Al.Be.Ca.Li.H4O4Si.H2O.8H/c;;;;1-5(2,3)4;;;;;;;;;/h;;;;1-4H;1H2;;;;;;;;. The first-order valence-electron chi connectivity index (χ1n) is 0.894. The molecule has 10 heteroatoms. The molecule has 10 heavy (non-hydrogen) atoms. The second-order valence-corrected chi connectivity index (χ2v) is 1.80. The van der Waals surface area contributed by atoms with E-state index in [1.165, 1.54) is 0 Å². The van der Waals surface area contributed by atoms with Gasteiger partial charge in [-0.25, -0.2) is 0 Å². The van der Waals surface area contributed by atoms with Gasteiger partial charge >= 0.3 is 75.8 Å². The van der Waals surface area contributed by atoms with E-state index in [0.717, 1.165) is 0 Å². The van der Waals surface area contributed by atoms with Gasteiger partial charge in [-0.2, -0.15) is 0 Å². The monoisotopic (exact) mass is 205 g/mol. The Labute approximate surface area is 116 Å². The molecule has 0 bridgehead atoms. The zero-order valence-electron chi connectivity index (χ0n) is 2.79. The fourth-order valence-corrected chi connectivity index (χ4v) is 0. The normalized spacial score (nSPS) is 6.00. The van der Waals surface area contributed by atoms with Crippen LogP contribution in [0.25, 0.3) is 0 Å². The molecule has 56 valence electrons. The minimum absolute atomic E-state index is 0. The summed E-state index contributed by atoms with van der Waals surface area (Å²) >= 11 is 0. The summed E-state index contributed by atoms with van der Waals surface area (Å²) in [5.41, 5.74) is 0. The Hall–Kier alpha value is 2.58.